The maximum Gasteiger partial charge on any atom is 0.255 e. The zero-order chi connectivity index (χ0) is 22.7. The second-order valence-corrected chi connectivity index (χ2v) is 8.64. The monoisotopic (exact) mass is 426 g/mol. The SMILES string of the molecule is Cc1ccccc1-n1c(C)cc(C(=O)N2CCCN(Cc3ccc(C#N)cc3)CC2)c1C. The summed E-state index contributed by atoms with van der Waals surface area (Å²) in [6.07, 6.45) is 0.957. The lowest BCUT2D eigenvalue weighted by molar-refractivity contribution is 0.0760. The molecule has 4 rings (SSSR count). The molecule has 0 spiro atoms. The number of hydrogen-bond donors (Lipinski definition) is 0. The number of aromatic nitrogens is 1. The number of para-hydroxylation sites is 1. The first-order valence-corrected chi connectivity index (χ1v) is 11.2. The molecule has 2 heterocycles. The minimum Gasteiger partial charge on any atom is -0.337 e. The van der Waals surface area contributed by atoms with E-state index in [2.05, 4.69) is 41.5 Å². The van der Waals surface area contributed by atoms with Crippen molar-refractivity contribution in [3.05, 3.63) is 88.2 Å². The Kier molecular flexibility index (Phi) is 6.43. The van der Waals surface area contributed by atoms with Crippen molar-refractivity contribution >= 4 is 5.91 Å². The Balaban J connectivity index is 1.47. The zero-order valence-electron chi connectivity index (χ0n) is 19.1. The molecular weight excluding hydrogens is 396 g/mol. The van der Waals surface area contributed by atoms with E-state index in [0.29, 0.717) is 5.56 Å². The number of amides is 1. The highest BCUT2D eigenvalue weighted by atomic mass is 16.2. The quantitative estimate of drug-likeness (QED) is 0.612. The van der Waals surface area contributed by atoms with Crippen LogP contribution in [0.5, 0.6) is 0 Å². The maximum atomic E-state index is 13.5. The van der Waals surface area contributed by atoms with E-state index < -0.39 is 0 Å². The Morgan fingerprint density at radius 3 is 2.44 bits per heavy atom. The summed E-state index contributed by atoms with van der Waals surface area (Å²) in [5, 5.41) is 8.98. The van der Waals surface area contributed by atoms with Gasteiger partial charge in [0.15, 0.2) is 0 Å². The number of rotatable bonds is 4. The van der Waals surface area contributed by atoms with Gasteiger partial charge in [0, 0.05) is 49.8 Å². The molecule has 0 atom stereocenters. The molecule has 0 bridgehead atoms. The van der Waals surface area contributed by atoms with E-state index in [0.717, 1.165) is 61.8 Å². The van der Waals surface area contributed by atoms with Crippen molar-refractivity contribution in [1.82, 2.24) is 14.4 Å². The Bertz CT molecular complexity index is 1150. The Morgan fingerprint density at radius 1 is 0.969 bits per heavy atom. The molecule has 1 saturated heterocycles. The van der Waals surface area contributed by atoms with Crippen LogP contribution in [-0.4, -0.2) is 46.5 Å². The number of benzene rings is 2. The van der Waals surface area contributed by atoms with Gasteiger partial charge in [-0.2, -0.15) is 5.26 Å². The first-order chi connectivity index (χ1) is 15.5. The van der Waals surface area contributed by atoms with E-state index in [4.69, 9.17) is 5.26 Å². The topological polar surface area (TPSA) is 52.3 Å². The fourth-order valence-corrected chi connectivity index (χ4v) is 4.61. The van der Waals surface area contributed by atoms with Crippen molar-refractivity contribution in [2.24, 2.45) is 0 Å². The van der Waals surface area contributed by atoms with E-state index in [1.54, 1.807) is 0 Å². The minimum absolute atomic E-state index is 0.123. The molecule has 1 aliphatic rings. The fourth-order valence-electron chi connectivity index (χ4n) is 4.61. The Morgan fingerprint density at radius 2 is 1.72 bits per heavy atom. The summed E-state index contributed by atoms with van der Waals surface area (Å²) in [6, 6.07) is 20.3. The first-order valence-electron chi connectivity index (χ1n) is 11.2. The molecule has 0 radical (unpaired) electrons. The van der Waals surface area contributed by atoms with Crippen LogP contribution in [0.4, 0.5) is 0 Å². The number of hydrogen-bond acceptors (Lipinski definition) is 3. The number of carbonyl (C=O) groups is 1. The summed E-state index contributed by atoms with van der Waals surface area (Å²) in [7, 11) is 0. The average Bonchev–Trinajstić information content (AvgIpc) is 2.95. The van der Waals surface area contributed by atoms with Gasteiger partial charge in [-0.3, -0.25) is 9.69 Å². The predicted octanol–water partition coefficient (Wildman–Crippen LogP) is 4.62. The van der Waals surface area contributed by atoms with E-state index in [-0.39, 0.29) is 5.91 Å². The van der Waals surface area contributed by atoms with Gasteiger partial charge in [-0.05, 0) is 62.6 Å². The number of nitrogens with zero attached hydrogens (tertiary/aromatic N) is 4. The molecule has 1 amide bonds. The van der Waals surface area contributed by atoms with E-state index in [1.807, 2.05) is 54.3 Å². The first kappa shape index (κ1) is 21.9. The van der Waals surface area contributed by atoms with Gasteiger partial charge in [-0.25, -0.2) is 0 Å². The second kappa shape index (κ2) is 9.42. The van der Waals surface area contributed by atoms with Gasteiger partial charge in [0.05, 0.1) is 17.2 Å². The van der Waals surface area contributed by atoms with E-state index >= 15 is 0 Å². The third-order valence-electron chi connectivity index (χ3n) is 6.38. The molecule has 0 unspecified atom stereocenters. The molecule has 0 aliphatic carbocycles. The largest absolute Gasteiger partial charge is 0.337 e. The molecule has 1 fully saturated rings. The van der Waals surface area contributed by atoms with Crippen LogP contribution in [0.1, 0.15) is 44.9 Å². The normalized spacial score (nSPS) is 14.8. The van der Waals surface area contributed by atoms with Crippen LogP contribution < -0.4 is 0 Å². The highest BCUT2D eigenvalue weighted by molar-refractivity contribution is 5.96. The summed E-state index contributed by atoms with van der Waals surface area (Å²) in [4.78, 5) is 17.9. The van der Waals surface area contributed by atoms with Crippen LogP contribution in [0.15, 0.2) is 54.6 Å². The molecule has 5 nitrogen and oxygen atoms in total. The average molecular weight is 427 g/mol. The van der Waals surface area contributed by atoms with Gasteiger partial charge in [0.2, 0.25) is 0 Å². The molecule has 0 saturated carbocycles. The molecular formula is C27H30N4O. The maximum absolute atomic E-state index is 13.5. The number of nitriles is 1. The third kappa shape index (κ3) is 4.46. The summed E-state index contributed by atoms with van der Waals surface area (Å²) >= 11 is 0. The molecule has 1 aromatic heterocycles. The van der Waals surface area contributed by atoms with Gasteiger partial charge in [0.25, 0.3) is 5.91 Å². The predicted molar refractivity (Wildman–Crippen MR) is 127 cm³/mol. The van der Waals surface area contributed by atoms with Crippen LogP contribution in [-0.2, 0) is 6.54 Å². The highest BCUT2D eigenvalue weighted by Gasteiger charge is 2.24. The molecule has 3 aromatic rings. The summed E-state index contributed by atoms with van der Waals surface area (Å²) in [5.74, 6) is 0.123. The van der Waals surface area contributed by atoms with Gasteiger partial charge in [0.1, 0.15) is 0 Å². The van der Waals surface area contributed by atoms with Crippen molar-refractivity contribution in [2.45, 2.75) is 33.7 Å². The van der Waals surface area contributed by atoms with Gasteiger partial charge in [-0.1, -0.05) is 30.3 Å². The lowest BCUT2D eigenvalue weighted by atomic mass is 10.1. The number of aryl methyl sites for hydroxylation is 2. The summed E-state index contributed by atoms with van der Waals surface area (Å²) < 4.78 is 2.19. The molecule has 164 valence electrons. The van der Waals surface area contributed by atoms with Crippen molar-refractivity contribution in [2.75, 3.05) is 26.2 Å². The van der Waals surface area contributed by atoms with Gasteiger partial charge >= 0.3 is 0 Å². The third-order valence-corrected chi connectivity index (χ3v) is 6.38. The van der Waals surface area contributed by atoms with Crippen molar-refractivity contribution in [3.8, 4) is 11.8 Å². The molecule has 32 heavy (non-hydrogen) atoms. The van der Waals surface area contributed by atoms with Crippen LogP contribution in [0.25, 0.3) is 5.69 Å². The summed E-state index contributed by atoms with van der Waals surface area (Å²) in [6.45, 7) is 10.4. The van der Waals surface area contributed by atoms with E-state index in [9.17, 15) is 4.79 Å². The van der Waals surface area contributed by atoms with Crippen LogP contribution >= 0.6 is 0 Å². The van der Waals surface area contributed by atoms with Crippen LogP contribution in [0, 0.1) is 32.1 Å². The number of carbonyl (C=O) groups excluding carboxylic acids is 1. The smallest absolute Gasteiger partial charge is 0.255 e. The Labute approximate surface area is 190 Å². The summed E-state index contributed by atoms with van der Waals surface area (Å²) in [5.41, 5.74) is 7.09. The zero-order valence-corrected chi connectivity index (χ0v) is 19.1. The molecule has 2 aromatic carbocycles. The minimum atomic E-state index is 0.123. The Hall–Kier alpha value is -3.36. The molecule has 5 heteroatoms. The standard InChI is InChI=1S/C27H30N4O/c1-20-7-4-5-8-26(20)31-21(2)17-25(22(31)3)27(32)30-14-6-13-29(15-16-30)19-24-11-9-23(18-28)10-12-24/h4-5,7-12,17H,6,13-16,19H2,1-3H3. The van der Waals surface area contributed by atoms with Crippen molar-refractivity contribution in [1.29, 1.82) is 5.26 Å². The fraction of sp³-hybridized carbons (Fsp3) is 0.333. The van der Waals surface area contributed by atoms with Crippen LogP contribution in [0.2, 0.25) is 0 Å². The molecule has 0 N–H and O–H groups in total. The second-order valence-electron chi connectivity index (χ2n) is 8.64. The van der Waals surface area contributed by atoms with Gasteiger partial charge in [-0.15, -0.1) is 0 Å². The molecule has 1 aliphatic heterocycles. The van der Waals surface area contributed by atoms with Crippen LogP contribution in [0.3, 0.4) is 0 Å². The highest BCUT2D eigenvalue weighted by Crippen LogP contribution is 2.24. The van der Waals surface area contributed by atoms with Crippen molar-refractivity contribution in [3.63, 3.8) is 0 Å². The van der Waals surface area contributed by atoms with Crippen molar-refractivity contribution < 1.29 is 4.79 Å². The van der Waals surface area contributed by atoms with E-state index in [1.165, 1.54) is 11.1 Å². The lowest BCUT2D eigenvalue weighted by Gasteiger charge is -2.22. The lowest BCUT2D eigenvalue weighted by Crippen LogP contribution is -2.35. The van der Waals surface area contributed by atoms with Gasteiger partial charge < -0.3 is 9.47 Å².